The molecular weight excluding hydrogens is 402 g/mol. The molecule has 2 fully saturated rings. The summed E-state index contributed by atoms with van der Waals surface area (Å²) < 4.78 is 1.39. The first-order valence-corrected chi connectivity index (χ1v) is 11.6. The third kappa shape index (κ3) is 3.88. The molecule has 162 valence electrons. The zero-order valence-corrected chi connectivity index (χ0v) is 18.8. The number of likely N-dealkylation sites (tertiary alicyclic amines) is 1. The van der Waals surface area contributed by atoms with E-state index in [0.717, 1.165) is 52.0 Å². The summed E-state index contributed by atoms with van der Waals surface area (Å²) in [5, 5.41) is 0.463. The Kier molecular flexibility index (Phi) is 5.92. The van der Waals surface area contributed by atoms with Gasteiger partial charge in [0.1, 0.15) is 11.4 Å². The van der Waals surface area contributed by atoms with Crippen molar-refractivity contribution in [3.63, 3.8) is 0 Å². The van der Waals surface area contributed by atoms with Crippen LogP contribution in [0, 0.1) is 6.92 Å². The third-order valence-electron chi connectivity index (χ3n) is 6.44. The molecule has 2 aromatic rings. The van der Waals surface area contributed by atoms with Crippen molar-refractivity contribution in [1.29, 1.82) is 0 Å². The molecule has 4 heterocycles. The Bertz CT molecular complexity index is 1020. The fourth-order valence-corrected chi connectivity index (χ4v) is 5.52. The van der Waals surface area contributed by atoms with Crippen molar-refractivity contribution in [1.82, 2.24) is 19.4 Å². The lowest BCUT2D eigenvalue weighted by Crippen LogP contribution is -3.12. The summed E-state index contributed by atoms with van der Waals surface area (Å²) >= 11 is 1.28. The van der Waals surface area contributed by atoms with Gasteiger partial charge in [0.2, 0.25) is 5.91 Å². The van der Waals surface area contributed by atoms with Gasteiger partial charge >= 0.3 is 0 Å². The zero-order valence-electron chi connectivity index (χ0n) is 17.9. The molecule has 2 amide bonds. The highest BCUT2D eigenvalue weighted by molar-refractivity contribution is 7.20. The minimum absolute atomic E-state index is 0.00802. The number of aromatic nitrogens is 2. The summed E-state index contributed by atoms with van der Waals surface area (Å²) in [7, 11) is 2.13. The lowest BCUT2D eigenvalue weighted by molar-refractivity contribution is -0.883. The number of piperidine rings is 1. The molecule has 0 bridgehead atoms. The molecule has 0 saturated carbocycles. The van der Waals surface area contributed by atoms with E-state index in [4.69, 9.17) is 0 Å². The monoisotopic (exact) mass is 432 g/mol. The quantitative estimate of drug-likeness (QED) is 0.748. The highest BCUT2D eigenvalue weighted by atomic mass is 32.1. The Morgan fingerprint density at radius 1 is 1.23 bits per heavy atom. The molecule has 8 nitrogen and oxygen atoms in total. The number of thiophene rings is 1. The van der Waals surface area contributed by atoms with Crippen molar-refractivity contribution >= 4 is 33.4 Å². The van der Waals surface area contributed by atoms with Gasteiger partial charge in [-0.2, -0.15) is 0 Å². The second kappa shape index (κ2) is 8.47. The van der Waals surface area contributed by atoms with Gasteiger partial charge in [0, 0.05) is 12.6 Å². The number of quaternary nitrogens is 1. The molecule has 2 aliphatic rings. The minimum atomic E-state index is -0.242. The van der Waals surface area contributed by atoms with E-state index >= 15 is 0 Å². The summed E-state index contributed by atoms with van der Waals surface area (Å²) in [6.45, 7) is 7.91. The van der Waals surface area contributed by atoms with E-state index in [9.17, 15) is 14.4 Å². The molecule has 0 aromatic carbocycles. The summed E-state index contributed by atoms with van der Waals surface area (Å²) in [6, 6.07) is 0.205. The van der Waals surface area contributed by atoms with E-state index in [1.54, 1.807) is 0 Å². The third-order valence-corrected chi connectivity index (χ3v) is 7.63. The van der Waals surface area contributed by atoms with Crippen molar-refractivity contribution in [2.24, 2.45) is 0 Å². The maximum atomic E-state index is 13.1. The van der Waals surface area contributed by atoms with Crippen LogP contribution in [-0.4, -0.2) is 77.0 Å². The molecule has 2 aliphatic heterocycles. The maximum Gasteiger partial charge on any atom is 0.264 e. The SMILES string of the molecule is Cc1c(C(=O)N2CC[NH+](C)CC2)sc2ncn(CC(=O)N3CCCCC3C)c(=O)c12. The average Bonchev–Trinajstić information content (AvgIpc) is 3.07. The molecule has 4 rings (SSSR count). The number of hydrogen-bond donors (Lipinski definition) is 1. The van der Waals surface area contributed by atoms with Crippen LogP contribution in [0.2, 0.25) is 0 Å². The van der Waals surface area contributed by atoms with E-state index in [-0.39, 0.29) is 30.0 Å². The summed E-state index contributed by atoms with van der Waals surface area (Å²) in [5.41, 5.74) is 0.436. The number of nitrogens with one attached hydrogen (secondary N) is 1. The minimum Gasteiger partial charge on any atom is -0.338 e. The molecule has 1 N–H and O–H groups in total. The van der Waals surface area contributed by atoms with Gasteiger partial charge in [-0.15, -0.1) is 11.3 Å². The Balaban J connectivity index is 1.60. The number of fused-ring (bicyclic) bond motifs is 1. The van der Waals surface area contributed by atoms with Crippen LogP contribution in [0.25, 0.3) is 10.2 Å². The highest BCUT2D eigenvalue weighted by Gasteiger charge is 2.28. The topological polar surface area (TPSA) is 80.0 Å². The van der Waals surface area contributed by atoms with Crippen LogP contribution in [0.3, 0.4) is 0 Å². The van der Waals surface area contributed by atoms with Crippen LogP contribution in [-0.2, 0) is 11.3 Å². The van der Waals surface area contributed by atoms with E-state index < -0.39 is 0 Å². The first-order chi connectivity index (χ1) is 14.4. The molecule has 9 heteroatoms. The van der Waals surface area contributed by atoms with E-state index in [0.29, 0.717) is 20.7 Å². The predicted octanol–water partition coefficient (Wildman–Crippen LogP) is 0.138. The summed E-state index contributed by atoms with van der Waals surface area (Å²) in [6.07, 6.45) is 4.59. The Morgan fingerprint density at radius 3 is 2.67 bits per heavy atom. The number of rotatable bonds is 3. The number of aryl methyl sites for hydroxylation is 1. The largest absolute Gasteiger partial charge is 0.338 e. The second-order valence-corrected chi connectivity index (χ2v) is 9.59. The number of likely N-dealkylation sites (N-methyl/N-ethyl adjacent to an activating group) is 1. The van der Waals surface area contributed by atoms with Crippen LogP contribution in [0.15, 0.2) is 11.1 Å². The molecule has 1 atom stereocenters. The lowest BCUT2D eigenvalue weighted by atomic mass is 10.0. The lowest BCUT2D eigenvalue weighted by Gasteiger charge is -2.33. The van der Waals surface area contributed by atoms with Crippen LogP contribution in [0.1, 0.15) is 41.4 Å². The van der Waals surface area contributed by atoms with Crippen molar-refractivity contribution in [2.75, 3.05) is 39.8 Å². The Labute approximate surface area is 180 Å². The van der Waals surface area contributed by atoms with Gasteiger partial charge < -0.3 is 14.7 Å². The van der Waals surface area contributed by atoms with Crippen molar-refractivity contribution < 1.29 is 14.5 Å². The van der Waals surface area contributed by atoms with Crippen LogP contribution >= 0.6 is 11.3 Å². The first-order valence-electron chi connectivity index (χ1n) is 10.8. The standard InChI is InChI=1S/C21H29N5O3S/c1-14-6-4-5-7-26(14)16(27)12-25-13-22-19-17(20(25)28)15(2)18(30-19)21(29)24-10-8-23(3)9-11-24/h13-14H,4-12H2,1-3H3/p+1. The Morgan fingerprint density at radius 2 is 1.97 bits per heavy atom. The van der Waals surface area contributed by atoms with Crippen molar-refractivity contribution in [3.8, 4) is 0 Å². The average molecular weight is 433 g/mol. The predicted molar refractivity (Wildman–Crippen MR) is 116 cm³/mol. The van der Waals surface area contributed by atoms with Crippen LogP contribution in [0.5, 0.6) is 0 Å². The molecular formula is C21H30N5O3S+. The molecule has 0 aliphatic carbocycles. The van der Waals surface area contributed by atoms with E-state index in [1.165, 1.54) is 27.1 Å². The smallest absolute Gasteiger partial charge is 0.264 e. The van der Waals surface area contributed by atoms with Crippen LogP contribution < -0.4 is 10.5 Å². The number of amides is 2. The van der Waals surface area contributed by atoms with Gasteiger partial charge in [-0.05, 0) is 38.7 Å². The zero-order chi connectivity index (χ0) is 21.4. The molecule has 2 aromatic heterocycles. The molecule has 2 saturated heterocycles. The van der Waals surface area contributed by atoms with Gasteiger partial charge in [0.15, 0.2) is 0 Å². The number of hydrogen-bond acceptors (Lipinski definition) is 5. The second-order valence-electron chi connectivity index (χ2n) is 8.60. The number of nitrogens with zero attached hydrogens (tertiary/aromatic N) is 4. The highest BCUT2D eigenvalue weighted by Crippen LogP contribution is 2.28. The molecule has 30 heavy (non-hydrogen) atoms. The summed E-state index contributed by atoms with van der Waals surface area (Å²) in [4.78, 5) is 49.7. The normalized spacial score (nSPS) is 20.7. The van der Waals surface area contributed by atoms with Crippen LogP contribution in [0.4, 0.5) is 0 Å². The van der Waals surface area contributed by atoms with Gasteiger partial charge in [-0.3, -0.25) is 19.0 Å². The Hall–Kier alpha value is -2.26. The molecule has 0 spiro atoms. The van der Waals surface area contributed by atoms with Gasteiger partial charge in [-0.25, -0.2) is 4.98 Å². The first kappa shape index (κ1) is 21.0. The van der Waals surface area contributed by atoms with Gasteiger partial charge in [0.05, 0.1) is 49.8 Å². The summed E-state index contributed by atoms with van der Waals surface area (Å²) in [5.74, 6) is -0.0678. The fraction of sp³-hybridized carbons (Fsp3) is 0.619. The van der Waals surface area contributed by atoms with Crippen molar-refractivity contribution in [3.05, 3.63) is 27.1 Å². The van der Waals surface area contributed by atoms with E-state index in [1.807, 2.05) is 16.7 Å². The van der Waals surface area contributed by atoms with Gasteiger partial charge in [0.25, 0.3) is 11.5 Å². The number of piperazine rings is 1. The maximum absolute atomic E-state index is 13.1. The van der Waals surface area contributed by atoms with Crippen molar-refractivity contribution in [2.45, 2.75) is 45.7 Å². The molecule has 1 unspecified atom stereocenters. The number of carbonyl (C=O) groups excluding carboxylic acids is 2. The number of carbonyl (C=O) groups is 2. The van der Waals surface area contributed by atoms with Gasteiger partial charge in [-0.1, -0.05) is 0 Å². The van der Waals surface area contributed by atoms with E-state index in [2.05, 4.69) is 19.0 Å². The molecule has 0 radical (unpaired) electrons. The fourth-order valence-electron chi connectivity index (χ4n) is 4.42.